The summed E-state index contributed by atoms with van der Waals surface area (Å²) in [5, 5.41) is 5.67. The van der Waals surface area contributed by atoms with E-state index < -0.39 is 0 Å². The van der Waals surface area contributed by atoms with E-state index in [9.17, 15) is 0 Å². The van der Waals surface area contributed by atoms with Crippen LogP contribution in [-0.4, -0.2) is 63.1 Å². The molecule has 0 radical (unpaired) electrons. The molecule has 0 saturated carbocycles. The molecule has 136 valence electrons. The summed E-state index contributed by atoms with van der Waals surface area (Å²) in [6, 6.07) is 15.4. The summed E-state index contributed by atoms with van der Waals surface area (Å²) in [6.45, 7) is 1.84. The van der Waals surface area contributed by atoms with E-state index in [0.29, 0.717) is 6.04 Å². The Morgan fingerprint density at radius 3 is 2.48 bits per heavy atom. The second-order valence-electron chi connectivity index (χ2n) is 6.49. The van der Waals surface area contributed by atoms with E-state index in [1.54, 1.807) is 0 Å². The van der Waals surface area contributed by atoms with Crippen molar-refractivity contribution in [2.75, 3.05) is 41.3 Å². The SMILES string of the molecule is CN=C(NCC(Cc1ccccc1)N(C)C)N(C)CCc1cccs1. The predicted molar refractivity (Wildman–Crippen MR) is 110 cm³/mol. The summed E-state index contributed by atoms with van der Waals surface area (Å²) >= 11 is 1.81. The van der Waals surface area contributed by atoms with E-state index in [1.165, 1.54) is 10.4 Å². The van der Waals surface area contributed by atoms with Gasteiger partial charge in [0, 0.05) is 38.1 Å². The number of aliphatic imine (C=N–C) groups is 1. The maximum Gasteiger partial charge on any atom is 0.193 e. The van der Waals surface area contributed by atoms with Crippen molar-refractivity contribution < 1.29 is 0 Å². The second kappa shape index (κ2) is 10.2. The third-order valence-electron chi connectivity index (χ3n) is 4.39. The monoisotopic (exact) mass is 358 g/mol. The molecule has 4 nitrogen and oxygen atoms in total. The Morgan fingerprint density at radius 1 is 1.12 bits per heavy atom. The molecule has 2 aromatic rings. The highest BCUT2D eigenvalue weighted by Crippen LogP contribution is 2.10. The van der Waals surface area contributed by atoms with Crippen molar-refractivity contribution in [3.8, 4) is 0 Å². The molecule has 0 fully saturated rings. The number of nitrogens with one attached hydrogen (secondary N) is 1. The molecule has 0 spiro atoms. The van der Waals surface area contributed by atoms with Crippen molar-refractivity contribution in [3.05, 3.63) is 58.3 Å². The van der Waals surface area contributed by atoms with Crippen LogP contribution in [0.1, 0.15) is 10.4 Å². The molecule has 2 rings (SSSR count). The van der Waals surface area contributed by atoms with Crippen molar-refractivity contribution in [2.45, 2.75) is 18.9 Å². The quantitative estimate of drug-likeness (QED) is 0.581. The number of rotatable bonds is 8. The highest BCUT2D eigenvalue weighted by atomic mass is 32.1. The third kappa shape index (κ3) is 6.52. The van der Waals surface area contributed by atoms with Crippen molar-refractivity contribution in [2.24, 2.45) is 4.99 Å². The number of benzene rings is 1. The zero-order valence-corrected chi connectivity index (χ0v) is 16.6. The van der Waals surface area contributed by atoms with Gasteiger partial charge in [0.05, 0.1) is 0 Å². The van der Waals surface area contributed by atoms with Crippen LogP contribution >= 0.6 is 11.3 Å². The van der Waals surface area contributed by atoms with E-state index in [1.807, 2.05) is 18.4 Å². The van der Waals surface area contributed by atoms with Crippen LogP contribution in [0.25, 0.3) is 0 Å². The van der Waals surface area contributed by atoms with Gasteiger partial charge in [0.25, 0.3) is 0 Å². The van der Waals surface area contributed by atoms with Gasteiger partial charge in [-0.2, -0.15) is 0 Å². The fourth-order valence-corrected chi connectivity index (χ4v) is 3.45. The molecule has 0 aliphatic carbocycles. The third-order valence-corrected chi connectivity index (χ3v) is 5.32. The average molecular weight is 359 g/mol. The highest BCUT2D eigenvalue weighted by Gasteiger charge is 2.14. The number of hydrogen-bond donors (Lipinski definition) is 1. The van der Waals surface area contributed by atoms with Gasteiger partial charge >= 0.3 is 0 Å². The lowest BCUT2D eigenvalue weighted by atomic mass is 10.1. The number of guanidine groups is 1. The number of hydrogen-bond acceptors (Lipinski definition) is 3. The van der Waals surface area contributed by atoms with Gasteiger partial charge in [-0.05, 0) is 43.9 Å². The highest BCUT2D eigenvalue weighted by molar-refractivity contribution is 7.09. The zero-order chi connectivity index (χ0) is 18.1. The van der Waals surface area contributed by atoms with Gasteiger partial charge in [-0.3, -0.25) is 4.99 Å². The van der Waals surface area contributed by atoms with Gasteiger partial charge in [0.1, 0.15) is 0 Å². The van der Waals surface area contributed by atoms with Gasteiger partial charge in [-0.25, -0.2) is 0 Å². The minimum absolute atomic E-state index is 0.421. The standard InChI is InChI=1S/C20H30N4S/c1-21-20(24(4)13-12-19-11-8-14-25-19)22-16-18(23(2)3)15-17-9-6-5-7-10-17/h5-11,14,18H,12-13,15-16H2,1-4H3,(H,21,22). The molecular weight excluding hydrogens is 328 g/mol. The predicted octanol–water partition coefficient (Wildman–Crippen LogP) is 2.97. The lowest BCUT2D eigenvalue weighted by Gasteiger charge is -2.28. The first-order valence-electron chi connectivity index (χ1n) is 8.74. The zero-order valence-electron chi connectivity index (χ0n) is 15.8. The van der Waals surface area contributed by atoms with Crippen LogP contribution in [0.15, 0.2) is 52.8 Å². The largest absolute Gasteiger partial charge is 0.355 e. The van der Waals surface area contributed by atoms with Crippen LogP contribution < -0.4 is 5.32 Å². The molecule has 1 heterocycles. The topological polar surface area (TPSA) is 30.9 Å². The van der Waals surface area contributed by atoms with Gasteiger partial charge in [0.2, 0.25) is 0 Å². The normalized spacial score (nSPS) is 13.1. The lowest BCUT2D eigenvalue weighted by molar-refractivity contribution is 0.288. The maximum absolute atomic E-state index is 4.44. The van der Waals surface area contributed by atoms with Crippen LogP contribution in [0.4, 0.5) is 0 Å². The van der Waals surface area contributed by atoms with E-state index >= 15 is 0 Å². The maximum atomic E-state index is 4.44. The molecule has 0 aliphatic rings. The van der Waals surface area contributed by atoms with Crippen molar-refractivity contribution >= 4 is 17.3 Å². The Morgan fingerprint density at radius 2 is 1.88 bits per heavy atom. The minimum Gasteiger partial charge on any atom is -0.355 e. The summed E-state index contributed by atoms with van der Waals surface area (Å²) in [7, 11) is 8.23. The summed E-state index contributed by atoms with van der Waals surface area (Å²) in [5.41, 5.74) is 1.36. The lowest BCUT2D eigenvalue weighted by Crippen LogP contribution is -2.46. The fourth-order valence-electron chi connectivity index (χ4n) is 2.76. The molecule has 0 amide bonds. The molecule has 1 N–H and O–H groups in total. The van der Waals surface area contributed by atoms with Gasteiger partial charge < -0.3 is 15.1 Å². The average Bonchev–Trinajstić information content (AvgIpc) is 3.13. The molecule has 5 heteroatoms. The van der Waals surface area contributed by atoms with Crippen LogP contribution in [0.3, 0.4) is 0 Å². The molecule has 0 saturated heterocycles. The van der Waals surface area contributed by atoms with Gasteiger partial charge in [-0.1, -0.05) is 36.4 Å². The number of nitrogens with zero attached hydrogens (tertiary/aromatic N) is 3. The first kappa shape index (κ1) is 19.5. The molecule has 25 heavy (non-hydrogen) atoms. The Kier molecular flexibility index (Phi) is 7.95. The van der Waals surface area contributed by atoms with Crippen molar-refractivity contribution in [3.63, 3.8) is 0 Å². The Labute approximate surface area is 156 Å². The Balaban J connectivity index is 1.86. The summed E-state index contributed by atoms with van der Waals surface area (Å²) in [4.78, 5) is 10.3. The van der Waals surface area contributed by atoms with Crippen molar-refractivity contribution in [1.29, 1.82) is 0 Å². The van der Waals surface area contributed by atoms with E-state index in [4.69, 9.17) is 0 Å². The molecule has 1 aromatic carbocycles. The Bertz CT molecular complexity index is 622. The number of likely N-dealkylation sites (N-methyl/N-ethyl adjacent to an activating group) is 2. The van der Waals surface area contributed by atoms with E-state index in [-0.39, 0.29) is 0 Å². The molecule has 1 atom stereocenters. The van der Waals surface area contributed by atoms with Crippen LogP contribution in [0, 0.1) is 0 Å². The first-order chi connectivity index (χ1) is 12.1. The summed E-state index contributed by atoms with van der Waals surface area (Å²) in [5.74, 6) is 0.955. The molecule has 0 bridgehead atoms. The fraction of sp³-hybridized carbons (Fsp3) is 0.450. The Hall–Kier alpha value is -1.85. The van der Waals surface area contributed by atoms with Crippen LogP contribution in [0.2, 0.25) is 0 Å². The van der Waals surface area contributed by atoms with Crippen LogP contribution in [0.5, 0.6) is 0 Å². The minimum atomic E-state index is 0.421. The molecule has 0 aliphatic heterocycles. The van der Waals surface area contributed by atoms with Gasteiger partial charge in [-0.15, -0.1) is 11.3 Å². The summed E-state index contributed by atoms with van der Waals surface area (Å²) in [6.07, 6.45) is 2.08. The van der Waals surface area contributed by atoms with Crippen LogP contribution in [-0.2, 0) is 12.8 Å². The molecule has 1 unspecified atom stereocenters. The molecular formula is C20H30N4S. The van der Waals surface area contributed by atoms with Crippen molar-refractivity contribution in [1.82, 2.24) is 15.1 Å². The van der Waals surface area contributed by atoms with E-state index in [0.717, 1.165) is 31.9 Å². The second-order valence-corrected chi connectivity index (χ2v) is 7.52. The van der Waals surface area contributed by atoms with Gasteiger partial charge in [0.15, 0.2) is 5.96 Å². The number of thiophene rings is 1. The van der Waals surface area contributed by atoms with E-state index in [2.05, 4.69) is 89.1 Å². The first-order valence-corrected chi connectivity index (χ1v) is 9.62. The molecule has 1 aromatic heterocycles. The summed E-state index contributed by atoms with van der Waals surface area (Å²) < 4.78 is 0. The smallest absolute Gasteiger partial charge is 0.193 e.